The van der Waals surface area contributed by atoms with Gasteiger partial charge in [0.25, 0.3) is 0 Å². The van der Waals surface area contributed by atoms with Gasteiger partial charge in [0, 0.05) is 12.6 Å². The van der Waals surface area contributed by atoms with E-state index in [1.165, 1.54) is 17.5 Å². The fourth-order valence-electron chi connectivity index (χ4n) is 2.45. The Balaban J connectivity index is 2.62. The van der Waals surface area contributed by atoms with Gasteiger partial charge in [0.05, 0.1) is 6.54 Å². The molecule has 2 N–H and O–H groups in total. The van der Waals surface area contributed by atoms with Crippen molar-refractivity contribution < 1.29 is 4.79 Å². The average Bonchev–Trinajstić information content (AvgIpc) is 2.47. The molecule has 1 atom stereocenters. The van der Waals surface area contributed by atoms with Crippen LogP contribution in [0.25, 0.3) is 0 Å². The van der Waals surface area contributed by atoms with Crippen LogP contribution in [0.15, 0.2) is 24.3 Å². The Bertz CT molecular complexity index is 412. The van der Waals surface area contributed by atoms with E-state index in [-0.39, 0.29) is 11.9 Å². The lowest BCUT2D eigenvalue weighted by Gasteiger charge is -2.23. The maximum absolute atomic E-state index is 11.7. The summed E-state index contributed by atoms with van der Waals surface area (Å²) in [6.45, 7) is 9.74. The number of carbonyl (C=O) groups excluding carboxylic acids is 1. The molecule has 3 heteroatoms. The molecule has 0 saturated heterocycles. The molecule has 21 heavy (non-hydrogen) atoms. The highest BCUT2D eigenvalue weighted by Gasteiger charge is 2.16. The molecule has 0 radical (unpaired) electrons. The Morgan fingerprint density at radius 2 is 1.76 bits per heavy atom. The van der Waals surface area contributed by atoms with E-state index in [1.807, 2.05) is 0 Å². The van der Waals surface area contributed by atoms with Crippen LogP contribution in [0.1, 0.15) is 57.7 Å². The molecule has 1 aromatic rings. The summed E-state index contributed by atoms with van der Waals surface area (Å²) in [4.78, 5) is 11.7. The number of carbonyl (C=O) groups is 1. The molecular weight excluding hydrogens is 260 g/mol. The van der Waals surface area contributed by atoms with Crippen LogP contribution in [0.3, 0.4) is 0 Å². The zero-order chi connectivity index (χ0) is 15.7. The van der Waals surface area contributed by atoms with Crippen LogP contribution in [0.4, 0.5) is 0 Å². The summed E-state index contributed by atoms with van der Waals surface area (Å²) in [5.74, 6) is 0.520. The van der Waals surface area contributed by atoms with Gasteiger partial charge in [-0.2, -0.15) is 0 Å². The standard InChI is InChI=1S/C18H30N2O/c1-5-7-15-8-10-16(11-9-15)18(14(3)4)20-13-17(21)19-12-6-2/h8-11,14,18,20H,5-7,12-13H2,1-4H3,(H,19,21). The van der Waals surface area contributed by atoms with Crippen molar-refractivity contribution >= 4 is 5.91 Å². The molecule has 0 aliphatic rings. The summed E-state index contributed by atoms with van der Waals surface area (Å²) >= 11 is 0. The number of amides is 1. The Kier molecular flexibility index (Phi) is 8.06. The van der Waals surface area contributed by atoms with E-state index in [2.05, 4.69) is 62.6 Å². The highest BCUT2D eigenvalue weighted by Crippen LogP contribution is 2.22. The van der Waals surface area contributed by atoms with Crippen LogP contribution < -0.4 is 10.6 Å². The molecule has 0 aliphatic heterocycles. The summed E-state index contributed by atoms with van der Waals surface area (Å²) in [7, 11) is 0. The maximum Gasteiger partial charge on any atom is 0.233 e. The molecule has 1 rings (SSSR count). The number of nitrogens with one attached hydrogen (secondary N) is 2. The minimum absolute atomic E-state index is 0.0742. The van der Waals surface area contributed by atoms with E-state index >= 15 is 0 Å². The summed E-state index contributed by atoms with van der Waals surface area (Å²) in [5, 5.41) is 6.29. The highest BCUT2D eigenvalue weighted by atomic mass is 16.1. The lowest BCUT2D eigenvalue weighted by molar-refractivity contribution is -0.120. The van der Waals surface area contributed by atoms with Crippen molar-refractivity contribution in [3.8, 4) is 0 Å². The summed E-state index contributed by atoms with van der Waals surface area (Å²) in [6.07, 6.45) is 3.26. The SMILES string of the molecule is CCCNC(=O)CNC(c1ccc(CCC)cc1)C(C)C. The lowest BCUT2D eigenvalue weighted by Crippen LogP contribution is -2.37. The van der Waals surface area contributed by atoms with Gasteiger partial charge in [-0.1, -0.05) is 58.4 Å². The van der Waals surface area contributed by atoms with Gasteiger partial charge in [-0.25, -0.2) is 0 Å². The molecule has 0 bridgehead atoms. The van der Waals surface area contributed by atoms with E-state index in [9.17, 15) is 4.79 Å². The molecular formula is C18H30N2O. The summed E-state index contributed by atoms with van der Waals surface area (Å²) < 4.78 is 0. The number of aryl methyl sites for hydroxylation is 1. The Hall–Kier alpha value is -1.35. The maximum atomic E-state index is 11.7. The fourth-order valence-corrected chi connectivity index (χ4v) is 2.45. The quantitative estimate of drug-likeness (QED) is 0.731. The fraction of sp³-hybridized carbons (Fsp3) is 0.611. The molecule has 118 valence electrons. The van der Waals surface area contributed by atoms with Crippen LogP contribution in [0.2, 0.25) is 0 Å². The van der Waals surface area contributed by atoms with Gasteiger partial charge >= 0.3 is 0 Å². The van der Waals surface area contributed by atoms with Crippen molar-refractivity contribution in [2.75, 3.05) is 13.1 Å². The minimum Gasteiger partial charge on any atom is -0.355 e. The van der Waals surface area contributed by atoms with Crippen molar-refractivity contribution in [3.05, 3.63) is 35.4 Å². The second-order valence-electron chi connectivity index (χ2n) is 5.94. The van der Waals surface area contributed by atoms with Gasteiger partial charge in [-0.05, 0) is 29.9 Å². The third kappa shape index (κ3) is 6.30. The van der Waals surface area contributed by atoms with Crippen molar-refractivity contribution in [1.29, 1.82) is 0 Å². The second-order valence-corrected chi connectivity index (χ2v) is 5.94. The molecule has 0 aliphatic carbocycles. The van der Waals surface area contributed by atoms with Gasteiger partial charge in [0.1, 0.15) is 0 Å². The molecule has 3 nitrogen and oxygen atoms in total. The molecule has 1 unspecified atom stereocenters. The van der Waals surface area contributed by atoms with Crippen molar-refractivity contribution in [3.63, 3.8) is 0 Å². The smallest absolute Gasteiger partial charge is 0.233 e. The monoisotopic (exact) mass is 290 g/mol. The van der Waals surface area contributed by atoms with Crippen LogP contribution in [-0.2, 0) is 11.2 Å². The van der Waals surface area contributed by atoms with E-state index in [0.29, 0.717) is 12.5 Å². The topological polar surface area (TPSA) is 41.1 Å². The van der Waals surface area contributed by atoms with Crippen LogP contribution >= 0.6 is 0 Å². The van der Waals surface area contributed by atoms with E-state index < -0.39 is 0 Å². The van der Waals surface area contributed by atoms with Gasteiger partial charge in [0.2, 0.25) is 5.91 Å². The molecule has 0 spiro atoms. The Morgan fingerprint density at radius 3 is 2.29 bits per heavy atom. The van der Waals surface area contributed by atoms with Gasteiger partial charge in [-0.3, -0.25) is 4.79 Å². The summed E-state index contributed by atoms with van der Waals surface area (Å²) in [6, 6.07) is 8.99. The first-order chi connectivity index (χ1) is 10.1. The third-order valence-electron chi connectivity index (χ3n) is 3.60. The zero-order valence-corrected chi connectivity index (χ0v) is 13.9. The van der Waals surface area contributed by atoms with Crippen LogP contribution in [0.5, 0.6) is 0 Å². The minimum atomic E-state index is 0.0742. The molecule has 1 aromatic carbocycles. The number of hydrogen-bond acceptors (Lipinski definition) is 2. The average molecular weight is 290 g/mol. The van der Waals surface area contributed by atoms with Crippen molar-refractivity contribution in [2.45, 2.75) is 53.0 Å². The van der Waals surface area contributed by atoms with Gasteiger partial charge < -0.3 is 10.6 Å². The number of benzene rings is 1. The van der Waals surface area contributed by atoms with E-state index in [1.54, 1.807) is 0 Å². The Morgan fingerprint density at radius 1 is 1.10 bits per heavy atom. The molecule has 1 amide bonds. The number of hydrogen-bond donors (Lipinski definition) is 2. The first kappa shape index (κ1) is 17.7. The Labute approximate surface area is 129 Å². The molecule has 0 heterocycles. The highest BCUT2D eigenvalue weighted by molar-refractivity contribution is 5.78. The molecule has 0 saturated carbocycles. The third-order valence-corrected chi connectivity index (χ3v) is 3.60. The van der Waals surface area contributed by atoms with E-state index in [4.69, 9.17) is 0 Å². The second kappa shape index (κ2) is 9.56. The van der Waals surface area contributed by atoms with Crippen LogP contribution in [-0.4, -0.2) is 19.0 Å². The first-order valence-electron chi connectivity index (χ1n) is 8.17. The lowest BCUT2D eigenvalue weighted by atomic mass is 9.94. The van der Waals surface area contributed by atoms with E-state index in [0.717, 1.165) is 19.4 Å². The predicted octanol–water partition coefficient (Wildman–Crippen LogP) is 3.45. The zero-order valence-electron chi connectivity index (χ0n) is 13.9. The van der Waals surface area contributed by atoms with Crippen LogP contribution in [0, 0.1) is 5.92 Å². The summed E-state index contributed by atoms with van der Waals surface area (Å²) in [5.41, 5.74) is 2.64. The predicted molar refractivity (Wildman–Crippen MR) is 89.3 cm³/mol. The van der Waals surface area contributed by atoms with Crippen molar-refractivity contribution in [1.82, 2.24) is 10.6 Å². The number of rotatable bonds is 9. The molecule has 0 aromatic heterocycles. The van der Waals surface area contributed by atoms with Gasteiger partial charge in [-0.15, -0.1) is 0 Å². The van der Waals surface area contributed by atoms with Crippen molar-refractivity contribution in [2.24, 2.45) is 5.92 Å². The first-order valence-corrected chi connectivity index (χ1v) is 8.17. The van der Waals surface area contributed by atoms with Gasteiger partial charge in [0.15, 0.2) is 0 Å². The molecule has 0 fully saturated rings. The largest absolute Gasteiger partial charge is 0.355 e. The normalized spacial score (nSPS) is 12.4.